The van der Waals surface area contributed by atoms with E-state index in [2.05, 4.69) is 0 Å². The van der Waals surface area contributed by atoms with Gasteiger partial charge in [-0.3, -0.25) is 9.36 Å². The molecule has 0 aliphatic heterocycles. The third kappa shape index (κ3) is 3.29. The Kier molecular flexibility index (Phi) is 4.96. The van der Waals surface area contributed by atoms with Gasteiger partial charge in [-0.15, -0.1) is 11.3 Å². The zero-order chi connectivity index (χ0) is 21.5. The van der Waals surface area contributed by atoms with E-state index in [-0.39, 0.29) is 21.0 Å². The second kappa shape index (κ2) is 7.47. The number of hydrogen-bond acceptors (Lipinski definition) is 7. The Hall–Kier alpha value is -3.37. The Morgan fingerprint density at radius 3 is 2.50 bits per heavy atom. The van der Waals surface area contributed by atoms with E-state index in [0.717, 1.165) is 15.6 Å². The average molecular weight is 444 g/mol. The highest BCUT2D eigenvalue weighted by Crippen LogP contribution is 2.30. The SMILES string of the molecule is COc1ccc(N(C(=O)c2cccs2)S(=O)(=O)c2ccc3c(c2)oc(=O)n3C)cc1. The van der Waals surface area contributed by atoms with Crippen LogP contribution >= 0.6 is 11.3 Å². The van der Waals surface area contributed by atoms with Gasteiger partial charge >= 0.3 is 5.76 Å². The summed E-state index contributed by atoms with van der Waals surface area (Å²) in [6.07, 6.45) is 0. The number of nitrogens with zero attached hydrogens (tertiary/aromatic N) is 2. The summed E-state index contributed by atoms with van der Waals surface area (Å²) in [6.45, 7) is 0. The molecule has 154 valence electrons. The Morgan fingerprint density at radius 2 is 1.87 bits per heavy atom. The lowest BCUT2D eigenvalue weighted by atomic mass is 10.3. The van der Waals surface area contributed by atoms with Gasteiger partial charge in [0.1, 0.15) is 5.75 Å². The molecule has 0 radical (unpaired) electrons. The number of benzene rings is 2. The summed E-state index contributed by atoms with van der Waals surface area (Å²) in [4.78, 5) is 25.0. The topological polar surface area (TPSA) is 98.8 Å². The Labute approximate surface area is 175 Å². The molecule has 0 N–H and O–H groups in total. The monoisotopic (exact) mass is 444 g/mol. The van der Waals surface area contributed by atoms with Gasteiger partial charge in [-0.05, 0) is 47.8 Å². The molecule has 4 rings (SSSR count). The fourth-order valence-corrected chi connectivity index (χ4v) is 5.10. The van der Waals surface area contributed by atoms with Crippen LogP contribution in [-0.2, 0) is 17.1 Å². The van der Waals surface area contributed by atoms with Gasteiger partial charge < -0.3 is 9.15 Å². The van der Waals surface area contributed by atoms with Crippen molar-refractivity contribution in [3.8, 4) is 5.75 Å². The highest BCUT2D eigenvalue weighted by Gasteiger charge is 2.33. The predicted molar refractivity (Wildman–Crippen MR) is 113 cm³/mol. The largest absolute Gasteiger partial charge is 0.497 e. The number of carbonyl (C=O) groups excluding carboxylic acids is 1. The molecule has 30 heavy (non-hydrogen) atoms. The van der Waals surface area contributed by atoms with E-state index in [1.54, 1.807) is 29.6 Å². The summed E-state index contributed by atoms with van der Waals surface area (Å²) in [5.41, 5.74) is 0.713. The van der Waals surface area contributed by atoms with Gasteiger partial charge in [0.05, 0.1) is 28.1 Å². The van der Waals surface area contributed by atoms with Crippen molar-refractivity contribution in [2.45, 2.75) is 4.90 Å². The number of ether oxygens (including phenoxy) is 1. The van der Waals surface area contributed by atoms with Crippen LogP contribution in [0.25, 0.3) is 11.1 Å². The van der Waals surface area contributed by atoms with Gasteiger partial charge in [0.15, 0.2) is 5.58 Å². The number of thiophene rings is 1. The van der Waals surface area contributed by atoms with Crippen molar-refractivity contribution < 1.29 is 22.4 Å². The molecule has 4 aromatic rings. The molecule has 0 aliphatic rings. The van der Waals surface area contributed by atoms with Crippen molar-refractivity contribution >= 4 is 44.1 Å². The van der Waals surface area contributed by atoms with E-state index in [1.807, 2.05) is 0 Å². The summed E-state index contributed by atoms with van der Waals surface area (Å²) in [5.74, 6) is -0.779. The van der Waals surface area contributed by atoms with Gasteiger partial charge in [-0.1, -0.05) is 6.07 Å². The van der Waals surface area contributed by atoms with Crippen LogP contribution in [0.5, 0.6) is 5.75 Å². The average Bonchev–Trinajstić information content (AvgIpc) is 3.37. The van der Waals surface area contributed by atoms with Gasteiger partial charge in [0, 0.05) is 13.1 Å². The molecule has 1 amide bonds. The molecule has 2 aromatic heterocycles. The van der Waals surface area contributed by atoms with Crippen molar-refractivity contribution in [1.82, 2.24) is 4.57 Å². The Morgan fingerprint density at radius 1 is 1.13 bits per heavy atom. The number of aryl methyl sites for hydroxylation is 1. The maximum atomic E-state index is 13.5. The molecule has 8 nitrogen and oxygen atoms in total. The maximum Gasteiger partial charge on any atom is 0.419 e. The zero-order valence-corrected chi connectivity index (χ0v) is 17.6. The molecular formula is C20H16N2O6S2. The summed E-state index contributed by atoms with van der Waals surface area (Å²) >= 11 is 1.14. The van der Waals surface area contributed by atoms with Crippen LogP contribution in [0.15, 0.2) is 74.1 Å². The quantitative estimate of drug-likeness (QED) is 0.469. The Bertz CT molecular complexity index is 1380. The number of aromatic nitrogens is 1. The van der Waals surface area contributed by atoms with Crippen molar-refractivity contribution in [1.29, 1.82) is 0 Å². The molecule has 0 bridgehead atoms. The molecule has 0 fully saturated rings. The third-order valence-corrected chi connectivity index (χ3v) is 7.09. The molecule has 0 unspecified atom stereocenters. The van der Waals surface area contributed by atoms with Crippen LogP contribution < -0.4 is 14.8 Å². The van der Waals surface area contributed by atoms with E-state index in [0.29, 0.717) is 11.3 Å². The smallest absolute Gasteiger partial charge is 0.419 e. The molecule has 2 heterocycles. The van der Waals surface area contributed by atoms with Crippen LogP contribution in [0.1, 0.15) is 9.67 Å². The number of anilines is 1. The number of methoxy groups -OCH3 is 1. The van der Waals surface area contributed by atoms with Crippen LogP contribution in [0, 0.1) is 0 Å². The standard InChI is InChI=1S/C20H16N2O6S2/c1-21-16-10-9-15(12-17(16)28-20(21)24)30(25,26)22(19(23)18-4-3-11-29-18)13-5-7-14(27-2)8-6-13/h3-12H,1-2H3. The molecular weight excluding hydrogens is 428 g/mol. The fourth-order valence-electron chi connectivity index (χ4n) is 2.96. The third-order valence-electron chi connectivity index (χ3n) is 4.53. The van der Waals surface area contributed by atoms with Crippen molar-refractivity contribution in [2.24, 2.45) is 7.05 Å². The molecule has 0 aliphatic carbocycles. The first kappa shape index (κ1) is 19.9. The van der Waals surface area contributed by atoms with Crippen molar-refractivity contribution in [3.63, 3.8) is 0 Å². The van der Waals surface area contributed by atoms with E-state index in [4.69, 9.17) is 9.15 Å². The first-order chi connectivity index (χ1) is 14.3. The number of fused-ring (bicyclic) bond motifs is 1. The molecule has 0 spiro atoms. The second-order valence-electron chi connectivity index (χ2n) is 6.31. The van der Waals surface area contributed by atoms with Crippen molar-refractivity contribution in [3.05, 3.63) is 75.4 Å². The van der Waals surface area contributed by atoms with E-state index >= 15 is 0 Å². The molecule has 0 saturated carbocycles. The molecule has 10 heteroatoms. The van der Waals surface area contributed by atoms with E-state index < -0.39 is 21.7 Å². The normalized spacial score (nSPS) is 11.5. The van der Waals surface area contributed by atoms with E-state index in [1.165, 1.54) is 49.1 Å². The highest BCUT2D eigenvalue weighted by molar-refractivity contribution is 7.93. The highest BCUT2D eigenvalue weighted by atomic mass is 32.2. The van der Waals surface area contributed by atoms with Crippen LogP contribution in [-0.4, -0.2) is 26.0 Å². The van der Waals surface area contributed by atoms with Gasteiger partial charge in [0.2, 0.25) is 0 Å². The number of hydrogen-bond donors (Lipinski definition) is 0. The minimum absolute atomic E-state index is 0.113. The number of oxazole rings is 1. The number of sulfonamides is 1. The minimum atomic E-state index is -4.32. The number of carbonyl (C=O) groups is 1. The fraction of sp³-hybridized carbons (Fsp3) is 0.100. The molecule has 2 aromatic carbocycles. The first-order valence-electron chi connectivity index (χ1n) is 8.70. The lowest BCUT2D eigenvalue weighted by molar-refractivity contribution is 0.101. The van der Waals surface area contributed by atoms with Gasteiger partial charge in [-0.25, -0.2) is 13.2 Å². The lowest BCUT2D eigenvalue weighted by Crippen LogP contribution is -2.36. The van der Waals surface area contributed by atoms with Crippen LogP contribution in [0.3, 0.4) is 0 Å². The predicted octanol–water partition coefficient (Wildman–Crippen LogP) is 3.24. The summed E-state index contributed by atoms with van der Waals surface area (Å²) < 4.78 is 39.3. The second-order valence-corrected chi connectivity index (χ2v) is 9.04. The van der Waals surface area contributed by atoms with Crippen LogP contribution in [0.4, 0.5) is 5.69 Å². The number of amides is 1. The summed E-state index contributed by atoms with van der Waals surface area (Å²) in [7, 11) is -1.31. The lowest BCUT2D eigenvalue weighted by Gasteiger charge is -2.22. The molecule has 0 saturated heterocycles. The van der Waals surface area contributed by atoms with E-state index in [9.17, 15) is 18.0 Å². The molecule has 0 atom stereocenters. The maximum absolute atomic E-state index is 13.5. The van der Waals surface area contributed by atoms with Crippen LogP contribution in [0.2, 0.25) is 0 Å². The Balaban J connectivity index is 1.88. The first-order valence-corrected chi connectivity index (χ1v) is 11.0. The van der Waals surface area contributed by atoms with Gasteiger partial charge in [0.25, 0.3) is 15.9 Å². The summed E-state index contributed by atoms with van der Waals surface area (Å²) in [6, 6.07) is 13.4. The van der Waals surface area contributed by atoms with Crippen molar-refractivity contribution in [2.75, 3.05) is 11.4 Å². The minimum Gasteiger partial charge on any atom is -0.497 e. The number of rotatable bonds is 5. The van der Waals surface area contributed by atoms with Gasteiger partial charge in [-0.2, -0.15) is 4.31 Å². The summed E-state index contributed by atoms with van der Waals surface area (Å²) in [5, 5.41) is 1.69. The zero-order valence-electron chi connectivity index (χ0n) is 15.9.